The van der Waals surface area contributed by atoms with E-state index >= 15 is 0 Å². The molecular formula is C54H82N2O19. The number of aldehydes is 1. The topological polar surface area (TPSA) is 254 Å². The molecule has 0 spiro atoms. The maximum atomic E-state index is 14.6. The highest BCUT2D eigenvalue weighted by atomic mass is 16.7. The Hall–Kier alpha value is -4.23. The second-order valence-corrected chi connectivity index (χ2v) is 21.0. The van der Waals surface area contributed by atoms with Crippen LogP contribution in [0, 0.1) is 11.8 Å². The lowest BCUT2D eigenvalue weighted by atomic mass is 9.82. The van der Waals surface area contributed by atoms with Gasteiger partial charge in [-0.15, -0.1) is 0 Å². The minimum atomic E-state index is -1.60. The quantitative estimate of drug-likeness (QED) is 0.127. The number of allylic oxidation sites excluding steroid dienone is 2. The number of ether oxygens (including phenoxy) is 11. The van der Waals surface area contributed by atoms with Crippen LogP contribution in [0.2, 0.25) is 0 Å². The first-order valence-electron chi connectivity index (χ1n) is 25.9. The molecular weight excluding hydrogens is 981 g/mol. The zero-order chi connectivity index (χ0) is 55.5. The molecule has 4 heterocycles. The molecule has 5 rings (SSSR count). The number of aliphatic hydroxyl groups is 3. The fourth-order valence-corrected chi connectivity index (χ4v) is 10.5. The Morgan fingerprint density at radius 1 is 0.813 bits per heavy atom. The Balaban J connectivity index is 1.61. The SMILES string of the molecule is CO[C@@H]1[C@@H](O[C@@H]2O[C@H](C)[C@@H](O[C@H]3C[C@@](C)(O)[C@@H](O)[C@H](C)O3)[C@H](N(C)C)[C@H]2OC(=O)c2ccc(OC(C)=O)c(OC(C)=O)c2)[C@@H](CC=O)C[C@@H](C)[C@@H](O[C@H]2CC[C@H](N(C)C)[C@@H](C)O2)/C=C/C=C/C[C@@H](C)OC(=O)C[C@H]1O. The first-order chi connectivity index (χ1) is 35.3. The Kier molecular flexibility index (Phi) is 22.9. The van der Waals surface area contributed by atoms with Crippen molar-refractivity contribution in [3.05, 3.63) is 48.1 Å². The van der Waals surface area contributed by atoms with Crippen molar-refractivity contribution in [1.82, 2.24) is 9.80 Å². The van der Waals surface area contributed by atoms with Gasteiger partial charge in [0.25, 0.3) is 0 Å². The van der Waals surface area contributed by atoms with Crippen LogP contribution in [0.1, 0.15) is 111 Å². The predicted octanol–water partition coefficient (Wildman–Crippen LogP) is 4.04. The maximum Gasteiger partial charge on any atom is 0.338 e. The molecule has 0 aromatic heterocycles. The van der Waals surface area contributed by atoms with Gasteiger partial charge in [0.05, 0.1) is 60.3 Å². The molecule has 75 heavy (non-hydrogen) atoms. The summed E-state index contributed by atoms with van der Waals surface area (Å²) < 4.78 is 68.3. The van der Waals surface area contributed by atoms with Gasteiger partial charge >= 0.3 is 23.9 Å². The van der Waals surface area contributed by atoms with Crippen molar-refractivity contribution in [1.29, 1.82) is 0 Å². The van der Waals surface area contributed by atoms with Gasteiger partial charge in [0.2, 0.25) is 0 Å². The summed E-state index contributed by atoms with van der Waals surface area (Å²) in [7, 11) is 8.80. The Morgan fingerprint density at radius 3 is 2.11 bits per heavy atom. The number of rotatable bonds is 15. The third-order valence-corrected chi connectivity index (χ3v) is 14.3. The lowest BCUT2D eigenvalue weighted by molar-refractivity contribution is -0.343. The molecule has 4 aliphatic rings. The lowest BCUT2D eigenvalue weighted by Crippen LogP contribution is -2.66. The van der Waals surface area contributed by atoms with Crippen LogP contribution in [0.3, 0.4) is 0 Å². The molecule has 1 aromatic carbocycles. The monoisotopic (exact) mass is 1060 g/mol. The van der Waals surface area contributed by atoms with Gasteiger partial charge < -0.3 is 82.0 Å². The molecule has 21 nitrogen and oxygen atoms in total. The number of carbonyl (C=O) groups is 5. The molecule has 0 amide bonds. The second-order valence-electron chi connectivity index (χ2n) is 21.0. The normalized spacial score (nSPS) is 38.2. The zero-order valence-electron chi connectivity index (χ0n) is 45.7. The van der Waals surface area contributed by atoms with Gasteiger partial charge in [-0.3, -0.25) is 14.4 Å². The Bertz CT molecular complexity index is 2120. The van der Waals surface area contributed by atoms with E-state index in [9.17, 15) is 39.3 Å². The number of methoxy groups -OCH3 is 1. The number of cyclic esters (lactones) is 1. The minimum Gasteiger partial charge on any atom is -0.462 e. The van der Waals surface area contributed by atoms with Crippen LogP contribution in [-0.4, -0.2) is 194 Å². The van der Waals surface area contributed by atoms with E-state index in [1.807, 2.05) is 52.2 Å². The summed E-state index contributed by atoms with van der Waals surface area (Å²) >= 11 is 0. The van der Waals surface area contributed by atoms with E-state index in [-0.39, 0.29) is 54.4 Å². The van der Waals surface area contributed by atoms with Crippen molar-refractivity contribution in [2.45, 2.75) is 204 Å². The van der Waals surface area contributed by atoms with Gasteiger partial charge in [-0.2, -0.15) is 0 Å². The van der Waals surface area contributed by atoms with Crippen LogP contribution in [0.5, 0.6) is 11.5 Å². The average Bonchev–Trinajstić information content (AvgIpc) is 3.30. The molecule has 3 saturated heterocycles. The van der Waals surface area contributed by atoms with Gasteiger partial charge in [0.1, 0.15) is 30.7 Å². The molecule has 0 aliphatic carbocycles. The Labute approximate surface area is 441 Å². The highest BCUT2D eigenvalue weighted by molar-refractivity contribution is 5.91. The van der Waals surface area contributed by atoms with E-state index in [1.54, 1.807) is 39.8 Å². The molecule has 0 saturated carbocycles. The van der Waals surface area contributed by atoms with Crippen LogP contribution in [0.15, 0.2) is 42.5 Å². The fourth-order valence-electron chi connectivity index (χ4n) is 10.5. The third kappa shape index (κ3) is 16.9. The number of likely N-dealkylation sites (N-methyl/N-ethyl adjacent to an activating group) is 2. The Morgan fingerprint density at radius 2 is 1.49 bits per heavy atom. The third-order valence-electron chi connectivity index (χ3n) is 14.3. The first-order valence-corrected chi connectivity index (χ1v) is 25.9. The number of esters is 4. The summed E-state index contributed by atoms with van der Waals surface area (Å²) in [6, 6.07) is 3.00. The highest BCUT2D eigenvalue weighted by Crippen LogP contribution is 2.39. The highest BCUT2D eigenvalue weighted by Gasteiger charge is 2.54. The summed E-state index contributed by atoms with van der Waals surface area (Å²) in [4.78, 5) is 68.9. The van der Waals surface area contributed by atoms with Crippen molar-refractivity contribution in [3.8, 4) is 11.5 Å². The zero-order valence-corrected chi connectivity index (χ0v) is 45.7. The van der Waals surface area contributed by atoms with Crippen molar-refractivity contribution < 1.29 is 91.4 Å². The van der Waals surface area contributed by atoms with Crippen molar-refractivity contribution >= 4 is 30.2 Å². The van der Waals surface area contributed by atoms with Crippen LogP contribution in [0.4, 0.5) is 0 Å². The van der Waals surface area contributed by atoms with Crippen molar-refractivity contribution in [2.24, 2.45) is 11.8 Å². The number of carbonyl (C=O) groups excluding carboxylic acids is 5. The average molecular weight is 1060 g/mol. The van der Waals surface area contributed by atoms with Crippen LogP contribution in [-0.2, 0) is 61.8 Å². The second kappa shape index (κ2) is 27.9. The molecule has 0 bridgehead atoms. The summed E-state index contributed by atoms with van der Waals surface area (Å²) in [5.41, 5.74) is -1.74. The molecule has 19 atom stereocenters. The summed E-state index contributed by atoms with van der Waals surface area (Å²) in [5.74, 6) is -4.65. The number of aliphatic hydroxyl groups excluding tert-OH is 2. The van der Waals surface area contributed by atoms with E-state index in [4.69, 9.17) is 52.1 Å². The van der Waals surface area contributed by atoms with Crippen LogP contribution >= 0.6 is 0 Å². The van der Waals surface area contributed by atoms with E-state index < -0.39 is 128 Å². The standard InChI is InChI=1S/C54H82N2O19/c1-29-25-36(23-24-57)48(49(65-13)39(60)27-43(61)66-30(2)17-15-14-16-18-40(29)72-44-22-20-38(55(9)10)31(3)67-44)75-53-50(74-52(63)37-19-21-41(70-34(6)58)42(26-37)71-35(7)59)46(56(11)12)47(32(4)69-53)73-45-28-54(8,64)51(62)33(5)68-45/h14-16,18-19,21,24,26,29-33,36,38-40,44-51,53,60,62,64H,17,20,22-23,25,27-28H2,1-13H3/b15-14+,18-16+/t29-,30-,31-,32-,33+,36+,38+,39-,40+,44+,45+,46+,47-,48+,49+,50-,51+,53+,54-/m1/s1. The maximum absolute atomic E-state index is 14.6. The molecule has 3 N–H and O–H groups in total. The van der Waals surface area contributed by atoms with Crippen molar-refractivity contribution in [2.75, 3.05) is 35.3 Å². The van der Waals surface area contributed by atoms with E-state index in [0.29, 0.717) is 12.8 Å². The smallest absolute Gasteiger partial charge is 0.338 e. The van der Waals surface area contributed by atoms with Crippen LogP contribution < -0.4 is 9.47 Å². The largest absolute Gasteiger partial charge is 0.462 e. The van der Waals surface area contributed by atoms with Gasteiger partial charge in [0.15, 0.2) is 36.5 Å². The van der Waals surface area contributed by atoms with Gasteiger partial charge in [-0.1, -0.05) is 31.2 Å². The molecule has 1 aromatic rings. The van der Waals surface area contributed by atoms with Gasteiger partial charge in [0, 0.05) is 46.3 Å². The molecule has 3 fully saturated rings. The lowest BCUT2D eigenvalue weighted by Gasteiger charge is -2.50. The number of benzene rings is 1. The summed E-state index contributed by atoms with van der Waals surface area (Å²) in [6.07, 6.45) is -4.44. The number of hydrogen-bond donors (Lipinski definition) is 3. The minimum absolute atomic E-state index is 0.119. The fraction of sp³-hybridized carbons (Fsp3) is 0.722. The molecule has 4 aliphatic heterocycles. The molecule has 21 heteroatoms. The summed E-state index contributed by atoms with van der Waals surface area (Å²) in [6.45, 7) is 12.8. The van der Waals surface area contributed by atoms with E-state index in [0.717, 1.165) is 26.6 Å². The summed E-state index contributed by atoms with van der Waals surface area (Å²) in [5, 5.41) is 34.0. The first kappa shape index (κ1) is 61.6. The van der Waals surface area contributed by atoms with E-state index in [1.165, 1.54) is 32.2 Å². The van der Waals surface area contributed by atoms with Gasteiger partial charge in [-0.05, 0) is 112 Å². The molecule has 422 valence electrons. The van der Waals surface area contributed by atoms with Crippen molar-refractivity contribution in [3.63, 3.8) is 0 Å². The van der Waals surface area contributed by atoms with Crippen LogP contribution in [0.25, 0.3) is 0 Å². The van der Waals surface area contributed by atoms with E-state index in [2.05, 4.69) is 4.90 Å². The number of nitrogens with zero attached hydrogens (tertiary/aromatic N) is 2. The number of hydrogen-bond acceptors (Lipinski definition) is 21. The molecule has 0 unspecified atom stereocenters. The van der Waals surface area contributed by atoms with Gasteiger partial charge in [-0.25, -0.2) is 4.79 Å². The predicted molar refractivity (Wildman–Crippen MR) is 269 cm³/mol. The molecule has 0 radical (unpaired) electrons.